The number of nitrogens with zero attached hydrogens (tertiary/aromatic N) is 2. The molecular weight excluding hydrogens is 679 g/mol. The lowest BCUT2D eigenvalue weighted by atomic mass is 9.99. The third-order valence-electron chi connectivity index (χ3n) is 7.49. The largest absolute Gasteiger partial charge is 0.492 e. The molecule has 11 nitrogen and oxygen atoms in total. The van der Waals surface area contributed by atoms with Gasteiger partial charge in [-0.3, -0.25) is 4.79 Å². The number of rotatable bonds is 15. The van der Waals surface area contributed by atoms with Crippen LogP contribution in [-0.4, -0.2) is 67.3 Å². The minimum Gasteiger partial charge on any atom is -0.492 e. The molecule has 12 heteroatoms. The highest BCUT2D eigenvalue weighted by Gasteiger charge is 2.34. The van der Waals surface area contributed by atoms with Crippen molar-refractivity contribution in [2.75, 3.05) is 26.9 Å². The van der Waals surface area contributed by atoms with E-state index in [-0.39, 0.29) is 17.9 Å². The molecule has 1 aromatic rings. The van der Waals surface area contributed by atoms with Gasteiger partial charge in [-0.2, -0.15) is 4.90 Å². The van der Waals surface area contributed by atoms with Crippen molar-refractivity contribution in [3.8, 4) is 0 Å². The van der Waals surface area contributed by atoms with Crippen LogP contribution in [0.2, 0.25) is 0 Å². The summed E-state index contributed by atoms with van der Waals surface area (Å²) in [4.78, 5) is 44.5. The number of amides is 3. The Balaban J connectivity index is 2.45. The highest BCUT2D eigenvalue weighted by molar-refractivity contribution is 5.94. The first-order valence-electron chi connectivity index (χ1n) is 18.1. The number of halogens is 1. The molecule has 53 heavy (non-hydrogen) atoms. The monoisotopic (exact) mass is 738 g/mol. The fourth-order valence-corrected chi connectivity index (χ4v) is 4.99. The second-order valence-electron chi connectivity index (χ2n) is 14.4. The highest BCUT2D eigenvalue weighted by Crippen LogP contribution is 2.33. The van der Waals surface area contributed by atoms with E-state index in [1.54, 1.807) is 72.9 Å². The molecule has 1 saturated heterocycles. The Morgan fingerprint density at radius 3 is 2.25 bits per heavy atom. The van der Waals surface area contributed by atoms with Crippen LogP contribution in [0.4, 0.5) is 14.0 Å². The van der Waals surface area contributed by atoms with Gasteiger partial charge in [-0.25, -0.2) is 19.0 Å². The van der Waals surface area contributed by atoms with E-state index >= 15 is 4.39 Å². The van der Waals surface area contributed by atoms with Gasteiger partial charge in [0.15, 0.2) is 0 Å². The Morgan fingerprint density at radius 2 is 1.66 bits per heavy atom. The van der Waals surface area contributed by atoms with Crippen LogP contribution in [0.3, 0.4) is 0 Å². The maximum Gasteiger partial charge on any atom is 0.425 e. The molecule has 1 aliphatic rings. The summed E-state index contributed by atoms with van der Waals surface area (Å²) in [7, 11) is 1.59. The van der Waals surface area contributed by atoms with Gasteiger partial charge >= 0.3 is 12.2 Å². The minimum atomic E-state index is -0.900. The van der Waals surface area contributed by atoms with Crippen LogP contribution < -0.4 is 10.6 Å². The molecule has 0 aromatic heterocycles. The van der Waals surface area contributed by atoms with E-state index in [1.807, 2.05) is 39.8 Å². The molecule has 0 saturated carbocycles. The van der Waals surface area contributed by atoms with Gasteiger partial charge in [0.05, 0.1) is 12.2 Å². The molecule has 2 rings (SSSR count). The lowest BCUT2D eigenvalue weighted by Crippen LogP contribution is -2.42. The number of carbonyl (C=O) groups is 3. The molecule has 1 fully saturated rings. The average Bonchev–Trinajstić information content (AvgIpc) is 3.54. The Morgan fingerprint density at radius 1 is 1.00 bits per heavy atom. The molecule has 0 radical (unpaired) electrons. The Hall–Kier alpha value is -4.71. The zero-order valence-corrected chi connectivity index (χ0v) is 33.4. The van der Waals surface area contributed by atoms with Gasteiger partial charge in [0, 0.05) is 61.8 Å². The smallest absolute Gasteiger partial charge is 0.425 e. The number of methoxy groups -OCH3 is 1. The number of imide groups is 1. The highest BCUT2D eigenvalue weighted by atomic mass is 19.1. The third kappa shape index (κ3) is 14.7. The number of allylic oxidation sites excluding steroid dienone is 8. The van der Waals surface area contributed by atoms with E-state index in [2.05, 4.69) is 15.6 Å². The molecule has 0 unspecified atom stereocenters. The summed E-state index contributed by atoms with van der Waals surface area (Å²) < 4.78 is 37.7. The van der Waals surface area contributed by atoms with E-state index in [4.69, 9.17) is 18.9 Å². The SMILES string of the molecule is CC/C=C(/N=C/C=C(C)/C(/C=C/CC)=C1\OCC\C1=C(\C)NCc1cccc(C(=O)NCCCOC)c1F)N(C(=O)OC(C)(C)C)C(=O)OC(C)(C)C. The third-order valence-corrected chi connectivity index (χ3v) is 7.49. The Labute approximate surface area is 315 Å². The standard InChI is InChI=1S/C41H59FN4O7/c1-12-14-19-31(28(3)21-24-43-34(17-13-2)46(38(48)52-40(5,6)7)39(49)53-41(8,9)10)36-32(22-26-51-36)29(4)45-27-30-18-15-20-33(35(30)42)37(47)44-23-16-25-50-11/h14-15,17-21,24,45H,12-13,16,22-23,25-27H2,1-11H3,(H,44,47)/b19-14+,28-21+,32-29+,34-17-,36-31-,43-24+. The number of hydrogen-bond acceptors (Lipinski definition) is 9. The van der Waals surface area contributed by atoms with Crippen LogP contribution in [-0.2, 0) is 25.5 Å². The molecule has 292 valence electrons. The fourth-order valence-electron chi connectivity index (χ4n) is 4.99. The summed E-state index contributed by atoms with van der Waals surface area (Å²) in [6, 6.07) is 4.79. The first-order chi connectivity index (χ1) is 24.9. The predicted octanol–water partition coefficient (Wildman–Crippen LogP) is 9.04. The Bertz CT molecular complexity index is 1600. The molecule has 1 aromatic carbocycles. The van der Waals surface area contributed by atoms with Gasteiger partial charge in [-0.1, -0.05) is 38.1 Å². The quantitative estimate of drug-likeness (QED) is 0.135. The normalized spacial score (nSPS) is 16.1. The van der Waals surface area contributed by atoms with Crippen molar-refractivity contribution in [2.45, 2.75) is 113 Å². The maximum atomic E-state index is 15.4. The van der Waals surface area contributed by atoms with E-state index in [9.17, 15) is 14.4 Å². The van der Waals surface area contributed by atoms with Crippen molar-refractivity contribution in [1.29, 1.82) is 0 Å². The van der Waals surface area contributed by atoms with E-state index in [1.165, 1.54) is 12.3 Å². The number of nitrogens with one attached hydrogen (secondary N) is 2. The number of carbonyl (C=O) groups excluding carboxylic acids is 3. The molecule has 0 aliphatic carbocycles. The minimum absolute atomic E-state index is 0.0107. The van der Waals surface area contributed by atoms with Gasteiger partial charge in [-0.15, -0.1) is 0 Å². The van der Waals surface area contributed by atoms with Crippen molar-refractivity contribution in [3.63, 3.8) is 0 Å². The molecule has 0 bridgehead atoms. The van der Waals surface area contributed by atoms with Crippen LogP contribution in [0.5, 0.6) is 0 Å². The van der Waals surface area contributed by atoms with Gasteiger partial charge < -0.3 is 29.6 Å². The van der Waals surface area contributed by atoms with Crippen molar-refractivity contribution < 1.29 is 37.7 Å². The van der Waals surface area contributed by atoms with Crippen molar-refractivity contribution >= 4 is 24.3 Å². The number of benzene rings is 1. The summed E-state index contributed by atoms with van der Waals surface area (Å²) >= 11 is 0. The van der Waals surface area contributed by atoms with Gasteiger partial charge in [0.1, 0.15) is 28.6 Å². The van der Waals surface area contributed by atoms with Crippen LogP contribution >= 0.6 is 0 Å². The predicted molar refractivity (Wildman–Crippen MR) is 207 cm³/mol. The van der Waals surface area contributed by atoms with Crippen LogP contribution in [0.1, 0.15) is 111 Å². The molecule has 2 N–H and O–H groups in total. The molecule has 1 heterocycles. The average molecular weight is 739 g/mol. The second-order valence-corrected chi connectivity index (χ2v) is 14.4. The van der Waals surface area contributed by atoms with Crippen LogP contribution in [0.15, 0.2) is 81.5 Å². The van der Waals surface area contributed by atoms with Crippen molar-refractivity contribution in [3.05, 3.63) is 93.4 Å². The second kappa shape index (κ2) is 21.1. The first kappa shape index (κ1) is 44.5. The number of ether oxygens (including phenoxy) is 4. The summed E-state index contributed by atoms with van der Waals surface area (Å²) in [6.07, 6.45) is 9.68. The zero-order valence-electron chi connectivity index (χ0n) is 33.4. The summed E-state index contributed by atoms with van der Waals surface area (Å²) in [6.45, 7) is 19.5. The topological polar surface area (TPSA) is 128 Å². The molecule has 3 amide bonds. The number of hydrogen-bond donors (Lipinski definition) is 2. The van der Waals surface area contributed by atoms with E-state index in [0.717, 1.165) is 33.7 Å². The number of aliphatic imine (C=N–C) groups is 1. The summed E-state index contributed by atoms with van der Waals surface area (Å²) in [5.41, 5.74) is 2.01. The maximum absolute atomic E-state index is 15.4. The van der Waals surface area contributed by atoms with Gasteiger partial charge in [0.25, 0.3) is 5.91 Å². The lowest BCUT2D eigenvalue weighted by Gasteiger charge is -2.28. The zero-order chi connectivity index (χ0) is 39.8. The first-order valence-corrected chi connectivity index (χ1v) is 18.1. The van der Waals surface area contributed by atoms with E-state index < -0.39 is 35.1 Å². The molecule has 1 aliphatic heterocycles. The van der Waals surface area contributed by atoms with E-state index in [0.29, 0.717) is 50.3 Å². The summed E-state index contributed by atoms with van der Waals surface area (Å²) in [5.74, 6) is -0.294. The summed E-state index contributed by atoms with van der Waals surface area (Å²) in [5, 5.41) is 6.07. The van der Waals surface area contributed by atoms with Crippen molar-refractivity contribution in [2.24, 2.45) is 4.99 Å². The fraction of sp³-hybridized carbons (Fsp3) is 0.512. The van der Waals surface area contributed by atoms with Gasteiger partial charge in [0.2, 0.25) is 0 Å². The molecule has 0 spiro atoms. The lowest BCUT2D eigenvalue weighted by molar-refractivity contribution is 0.00803. The molecular formula is C41H59FN4O7. The molecule has 0 atom stereocenters. The van der Waals surface area contributed by atoms with Crippen LogP contribution in [0, 0.1) is 5.82 Å². The van der Waals surface area contributed by atoms with Crippen LogP contribution in [0.25, 0.3) is 0 Å². The van der Waals surface area contributed by atoms with Gasteiger partial charge in [-0.05, 0) is 98.4 Å². The Kier molecular flexibility index (Phi) is 17.7. The van der Waals surface area contributed by atoms with Crippen molar-refractivity contribution in [1.82, 2.24) is 15.5 Å².